The summed E-state index contributed by atoms with van der Waals surface area (Å²) in [6, 6.07) is 4.93. The molecule has 0 saturated heterocycles. The van der Waals surface area contributed by atoms with Crippen molar-refractivity contribution in [3.05, 3.63) is 23.8 Å². The standard InChI is InChI=1S/C13H18N2O3/c1-18-11-4-3-9(14)7-10(11)12(17)15-13(8-16)5-2-6-13/h3-4,7,16H,2,5-6,8,14H2,1H3,(H,15,17). The molecule has 1 aliphatic carbocycles. The Morgan fingerprint density at radius 2 is 2.28 bits per heavy atom. The number of amides is 1. The van der Waals surface area contributed by atoms with Gasteiger partial charge in [-0.1, -0.05) is 0 Å². The maximum absolute atomic E-state index is 12.2. The van der Waals surface area contributed by atoms with E-state index in [0.717, 1.165) is 19.3 Å². The van der Waals surface area contributed by atoms with Gasteiger partial charge in [-0.3, -0.25) is 4.79 Å². The number of carbonyl (C=O) groups excluding carboxylic acids is 1. The number of aliphatic hydroxyl groups excluding tert-OH is 1. The number of nitrogens with one attached hydrogen (secondary N) is 1. The molecule has 1 aliphatic rings. The summed E-state index contributed by atoms with van der Waals surface area (Å²) in [6.07, 6.45) is 2.63. The molecule has 0 heterocycles. The van der Waals surface area contributed by atoms with Gasteiger partial charge in [-0.25, -0.2) is 0 Å². The van der Waals surface area contributed by atoms with Crippen molar-refractivity contribution >= 4 is 11.6 Å². The van der Waals surface area contributed by atoms with Gasteiger partial charge in [0.15, 0.2) is 0 Å². The normalized spacial score (nSPS) is 16.8. The van der Waals surface area contributed by atoms with Crippen LogP contribution in [0.4, 0.5) is 5.69 Å². The average molecular weight is 250 g/mol. The van der Waals surface area contributed by atoms with Gasteiger partial charge in [0.2, 0.25) is 0 Å². The van der Waals surface area contributed by atoms with Crippen LogP contribution >= 0.6 is 0 Å². The summed E-state index contributed by atoms with van der Waals surface area (Å²) < 4.78 is 5.14. The van der Waals surface area contributed by atoms with Crippen molar-refractivity contribution in [2.75, 3.05) is 19.5 Å². The van der Waals surface area contributed by atoms with E-state index in [9.17, 15) is 9.90 Å². The fraction of sp³-hybridized carbons (Fsp3) is 0.462. The highest BCUT2D eigenvalue weighted by atomic mass is 16.5. The average Bonchev–Trinajstić information content (AvgIpc) is 2.33. The Labute approximate surface area is 106 Å². The molecule has 0 atom stereocenters. The molecule has 1 aromatic rings. The third-order valence-electron chi connectivity index (χ3n) is 3.46. The Balaban J connectivity index is 2.20. The SMILES string of the molecule is COc1ccc(N)cc1C(=O)NC1(CO)CCC1. The lowest BCUT2D eigenvalue weighted by molar-refractivity contribution is 0.0639. The van der Waals surface area contributed by atoms with Crippen molar-refractivity contribution in [1.82, 2.24) is 5.32 Å². The third-order valence-corrected chi connectivity index (χ3v) is 3.46. The summed E-state index contributed by atoms with van der Waals surface area (Å²) >= 11 is 0. The number of nitrogen functional groups attached to an aromatic ring is 1. The van der Waals surface area contributed by atoms with Crippen LogP contribution in [0.2, 0.25) is 0 Å². The van der Waals surface area contributed by atoms with Gasteiger partial charge in [0.1, 0.15) is 5.75 Å². The van der Waals surface area contributed by atoms with Crippen LogP contribution in [0.1, 0.15) is 29.6 Å². The molecule has 0 bridgehead atoms. The Hall–Kier alpha value is -1.75. The summed E-state index contributed by atoms with van der Waals surface area (Å²) in [5, 5.41) is 12.2. The van der Waals surface area contributed by atoms with E-state index >= 15 is 0 Å². The van der Waals surface area contributed by atoms with Crippen LogP contribution in [-0.2, 0) is 0 Å². The maximum Gasteiger partial charge on any atom is 0.255 e. The quantitative estimate of drug-likeness (QED) is 0.694. The van der Waals surface area contributed by atoms with Crippen molar-refractivity contribution in [2.45, 2.75) is 24.8 Å². The van der Waals surface area contributed by atoms with Gasteiger partial charge in [0, 0.05) is 5.69 Å². The van der Waals surface area contributed by atoms with E-state index in [0.29, 0.717) is 17.0 Å². The van der Waals surface area contributed by atoms with Crippen molar-refractivity contribution < 1.29 is 14.6 Å². The van der Waals surface area contributed by atoms with Crippen molar-refractivity contribution in [2.24, 2.45) is 0 Å². The van der Waals surface area contributed by atoms with E-state index in [4.69, 9.17) is 10.5 Å². The third kappa shape index (κ3) is 2.26. The van der Waals surface area contributed by atoms with Gasteiger partial charge in [-0.2, -0.15) is 0 Å². The smallest absolute Gasteiger partial charge is 0.255 e. The molecule has 1 amide bonds. The van der Waals surface area contributed by atoms with Crippen LogP contribution < -0.4 is 15.8 Å². The molecule has 4 N–H and O–H groups in total. The van der Waals surface area contributed by atoms with Crippen LogP contribution in [0, 0.1) is 0 Å². The molecule has 0 aromatic heterocycles. The van der Waals surface area contributed by atoms with Gasteiger partial charge in [-0.15, -0.1) is 0 Å². The van der Waals surface area contributed by atoms with Crippen LogP contribution in [0.3, 0.4) is 0 Å². The zero-order valence-corrected chi connectivity index (χ0v) is 10.4. The molecule has 1 fully saturated rings. The highest BCUT2D eigenvalue weighted by molar-refractivity contribution is 5.98. The van der Waals surface area contributed by atoms with Crippen LogP contribution in [-0.4, -0.2) is 30.3 Å². The highest BCUT2D eigenvalue weighted by Crippen LogP contribution is 2.32. The van der Waals surface area contributed by atoms with E-state index in [-0.39, 0.29) is 12.5 Å². The molecule has 0 aliphatic heterocycles. The first-order chi connectivity index (χ1) is 8.60. The molecule has 98 valence electrons. The van der Waals surface area contributed by atoms with Crippen LogP contribution in [0.5, 0.6) is 5.75 Å². The molecule has 0 radical (unpaired) electrons. The maximum atomic E-state index is 12.2. The van der Waals surface area contributed by atoms with Crippen molar-refractivity contribution in [1.29, 1.82) is 0 Å². The molecule has 5 nitrogen and oxygen atoms in total. The number of ether oxygens (including phenoxy) is 1. The van der Waals surface area contributed by atoms with E-state index in [1.165, 1.54) is 7.11 Å². The number of rotatable bonds is 4. The molecule has 5 heteroatoms. The number of aliphatic hydroxyl groups is 1. The Kier molecular flexibility index (Phi) is 3.43. The molecule has 18 heavy (non-hydrogen) atoms. The summed E-state index contributed by atoms with van der Waals surface area (Å²) in [5.74, 6) is 0.224. The van der Waals surface area contributed by atoms with Crippen molar-refractivity contribution in [3.63, 3.8) is 0 Å². The topological polar surface area (TPSA) is 84.6 Å². The lowest BCUT2D eigenvalue weighted by Gasteiger charge is -2.41. The highest BCUT2D eigenvalue weighted by Gasteiger charge is 2.38. The first-order valence-electron chi connectivity index (χ1n) is 5.97. The number of anilines is 1. The Morgan fingerprint density at radius 1 is 1.56 bits per heavy atom. The van der Waals surface area contributed by atoms with E-state index in [2.05, 4.69) is 5.32 Å². The van der Waals surface area contributed by atoms with E-state index < -0.39 is 5.54 Å². The van der Waals surface area contributed by atoms with Gasteiger partial charge >= 0.3 is 0 Å². The molecule has 1 aromatic carbocycles. The lowest BCUT2D eigenvalue weighted by Crippen LogP contribution is -2.56. The molecular weight excluding hydrogens is 232 g/mol. The second kappa shape index (κ2) is 4.86. The number of hydrogen-bond acceptors (Lipinski definition) is 4. The second-order valence-electron chi connectivity index (χ2n) is 4.71. The Morgan fingerprint density at radius 3 is 2.78 bits per heavy atom. The number of nitrogens with two attached hydrogens (primary N) is 1. The number of hydrogen-bond donors (Lipinski definition) is 3. The van der Waals surface area contributed by atoms with Gasteiger partial charge < -0.3 is 20.9 Å². The molecule has 0 spiro atoms. The Bertz CT molecular complexity index is 450. The zero-order valence-electron chi connectivity index (χ0n) is 10.4. The summed E-state index contributed by atoms with van der Waals surface area (Å²) in [5.41, 5.74) is 6.12. The lowest BCUT2D eigenvalue weighted by atomic mass is 9.77. The first kappa shape index (κ1) is 12.7. The minimum absolute atomic E-state index is 0.0383. The molecule has 1 saturated carbocycles. The first-order valence-corrected chi connectivity index (χ1v) is 5.97. The number of carbonyl (C=O) groups is 1. The largest absolute Gasteiger partial charge is 0.496 e. The van der Waals surface area contributed by atoms with Gasteiger partial charge in [0.05, 0.1) is 24.8 Å². The predicted octanol–water partition coefficient (Wildman–Crippen LogP) is 0.922. The van der Waals surface area contributed by atoms with Gasteiger partial charge in [0.25, 0.3) is 5.91 Å². The molecule has 2 rings (SSSR count). The molecular formula is C13H18N2O3. The summed E-state index contributed by atoms with van der Waals surface area (Å²) in [7, 11) is 1.51. The fourth-order valence-corrected chi connectivity index (χ4v) is 2.14. The minimum atomic E-state index is -0.466. The zero-order chi connectivity index (χ0) is 13.2. The number of benzene rings is 1. The molecule has 0 unspecified atom stereocenters. The predicted molar refractivity (Wildman–Crippen MR) is 68.5 cm³/mol. The summed E-state index contributed by atoms with van der Waals surface area (Å²) in [4.78, 5) is 12.2. The van der Waals surface area contributed by atoms with Crippen LogP contribution in [0.15, 0.2) is 18.2 Å². The van der Waals surface area contributed by atoms with Gasteiger partial charge in [-0.05, 0) is 37.5 Å². The monoisotopic (exact) mass is 250 g/mol. The van der Waals surface area contributed by atoms with E-state index in [1.54, 1.807) is 18.2 Å². The fourth-order valence-electron chi connectivity index (χ4n) is 2.14. The van der Waals surface area contributed by atoms with Crippen molar-refractivity contribution in [3.8, 4) is 5.75 Å². The number of methoxy groups -OCH3 is 1. The minimum Gasteiger partial charge on any atom is -0.496 e. The van der Waals surface area contributed by atoms with E-state index in [1.807, 2.05) is 0 Å². The second-order valence-corrected chi connectivity index (χ2v) is 4.71. The van der Waals surface area contributed by atoms with Crippen LogP contribution in [0.25, 0.3) is 0 Å². The summed E-state index contributed by atoms with van der Waals surface area (Å²) in [6.45, 7) is -0.0383.